The predicted octanol–water partition coefficient (Wildman–Crippen LogP) is 4.89. The Labute approximate surface area is 121 Å². The molecule has 0 aliphatic rings. The third-order valence-electron chi connectivity index (χ3n) is 3.34. The first-order valence-corrected chi connectivity index (χ1v) is 7.14. The molecule has 2 aromatic rings. The molecule has 0 saturated carbocycles. The van der Waals surface area contributed by atoms with Crippen molar-refractivity contribution in [1.29, 1.82) is 0 Å². The van der Waals surface area contributed by atoms with E-state index in [1.165, 1.54) is 5.56 Å². The van der Waals surface area contributed by atoms with E-state index in [-0.39, 0.29) is 0 Å². The number of nitrogens with one attached hydrogen (secondary N) is 1. The average molecular weight is 269 g/mol. The summed E-state index contributed by atoms with van der Waals surface area (Å²) >= 11 is 0. The molecule has 20 heavy (non-hydrogen) atoms. The van der Waals surface area contributed by atoms with E-state index in [9.17, 15) is 0 Å². The van der Waals surface area contributed by atoms with Crippen molar-refractivity contribution < 1.29 is 4.74 Å². The van der Waals surface area contributed by atoms with Crippen LogP contribution >= 0.6 is 0 Å². The molecule has 2 rings (SSSR count). The average Bonchev–Trinajstić information content (AvgIpc) is 2.48. The molecule has 1 N–H and O–H groups in total. The van der Waals surface area contributed by atoms with Crippen LogP contribution in [0, 0.1) is 5.92 Å². The second-order valence-electron chi connectivity index (χ2n) is 5.47. The van der Waals surface area contributed by atoms with E-state index in [2.05, 4.69) is 61.6 Å². The third-order valence-corrected chi connectivity index (χ3v) is 3.34. The van der Waals surface area contributed by atoms with Crippen LogP contribution in [-0.4, -0.2) is 7.11 Å². The lowest BCUT2D eigenvalue weighted by Gasteiger charge is -2.22. The van der Waals surface area contributed by atoms with Crippen LogP contribution < -0.4 is 10.1 Å². The van der Waals surface area contributed by atoms with Gasteiger partial charge >= 0.3 is 0 Å². The molecule has 1 unspecified atom stereocenters. The Morgan fingerprint density at radius 3 is 2.15 bits per heavy atom. The summed E-state index contributed by atoms with van der Waals surface area (Å²) < 4.78 is 5.20. The molecule has 106 valence electrons. The van der Waals surface area contributed by atoms with Gasteiger partial charge in [-0.15, -0.1) is 0 Å². The van der Waals surface area contributed by atoms with Gasteiger partial charge in [0.15, 0.2) is 0 Å². The van der Waals surface area contributed by atoms with Gasteiger partial charge in [0.1, 0.15) is 5.75 Å². The van der Waals surface area contributed by atoms with Crippen LogP contribution in [0.5, 0.6) is 5.75 Å². The van der Waals surface area contributed by atoms with Crippen LogP contribution in [-0.2, 0) is 0 Å². The molecule has 2 heteroatoms. The van der Waals surface area contributed by atoms with Crippen molar-refractivity contribution in [3.8, 4) is 5.75 Å². The second kappa shape index (κ2) is 6.99. The zero-order valence-corrected chi connectivity index (χ0v) is 12.5. The third kappa shape index (κ3) is 4.02. The van der Waals surface area contributed by atoms with Gasteiger partial charge in [-0.3, -0.25) is 0 Å². The molecule has 0 radical (unpaired) electrons. The van der Waals surface area contributed by atoms with Crippen LogP contribution in [0.2, 0.25) is 0 Å². The summed E-state index contributed by atoms with van der Waals surface area (Å²) in [5.41, 5.74) is 2.46. The standard InChI is InChI=1S/C18H23NO/c1-14(2)13-18(15-7-5-4-6-8-15)19-16-9-11-17(20-3)12-10-16/h4-12,14,18-19H,13H2,1-3H3. The molecule has 2 nitrogen and oxygen atoms in total. The molecule has 0 bridgehead atoms. The summed E-state index contributed by atoms with van der Waals surface area (Å²) in [6.45, 7) is 4.51. The van der Waals surface area contributed by atoms with Crippen LogP contribution in [0.25, 0.3) is 0 Å². The molecule has 0 saturated heterocycles. The Morgan fingerprint density at radius 1 is 0.950 bits per heavy atom. The lowest BCUT2D eigenvalue weighted by molar-refractivity contribution is 0.415. The first kappa shape index (κ1) is 14.4. The van der Waals surface area contributed by atoms with Crippen molar-refractivity contribution in [2.75, 3.05) is 12.4 Å². The summed E-state index contributed by atoms with van der Waals surface area (Å²) in [4.78, 5) is 0. The van der Waals surface area contributed by atoms with Crippen LogP contribution in [0.1, 0.15) is 31.9 Å². The normalized spacial score (nSPS) is 12.2. The molecular formula is C18H23NO. The van der Waals surface area contributed by atoms with Gasteiger partial charge in [0, 0.05) is 5.69 Å². The summed E-state index contributed by atoms with van der Waals surface area (Å²) in [6.07, 6.45) is 1.11. The van der Waals surface area contributed by atoms with Gasteiger partial charge in [-0.2, -0.15) is 0 Å². The molecule has 0 amide bonds. The zero-order chi connectivity index (χ0) is 14.4. The monoisotopic (exact) mass is 269 g/mol. The van der Waals surface area contributed by atoms with Gasteiger partial charge < -0.3 is 10.1 Å². The number of rotatable bonds is 6. The van der Waals surface area contributed by atoms with Crippen molar-refractivity contribution in [2.45, 2.75) is 26.3 Å². The van der Waals surface area contributed by atoms with Gasteiger partial charge in [-0.25, -0.2) is 0 Å². The summed E-state index contributed by atoms with van der Waals surface area (Å²) in [7, 11) is 1.69. The van der Waals surface area contributed by atoms with E-state index in [0.29, 0.717) is 12.0 Å². The van der Waals surface area contributed by atoms with Crippen LogP contribution in [0.3, 0.4) is 0 Å². The molecule has 0 aliphatic heterocycles. The van der Waals surface area contributed by atoms with E-state index in [0.717, 1.165) is 17.9 Å². The summed E-state index contributed by atoms with van der Waals surface area (Å²) in [6, 6.07) is 19.1. The van der Waals surface area contributed by atoms with Crippen molar-refractivity contribution in [2.24, 2.45) is 5.92 Å². The minimum atomic E-state index is 0.338. The lowest BCUT2D eigenvalue weighted by Crippen LogP contribution is -2.13. The Morgan fingerprint density at radius 2 is 1.60 bits per heavy atom. The molecule has 0 heterocycles. The minimum absolute atomic E-state index is 0.338. The van der Waals surface area contributed by atoms with Gasteiger partial charge in [-0.1, -0.05) is 44.2 Å². The maximum atomic E-state index is 5.20. The largest absolute Gasteiger partial charge is 0.497 e. The first-order valence-electron chi connectivity index (χ1n) is 7.14. The highest BCUT2D eigenvalue weighted by molar-refractivity contribution is 5.48. The fraction of sp³-hybridized carbons (Fsp3) is 0.333. The molecular weight excluding hydrogens is 246 g/mol. The van der Waals surface area contributed by atoms with Crippen LogP contribution in [0.4, 0.5) is 5.69 Å². The molecule has 0 aliphatic carbocycles. The lowest BCUT2D eigenvalue weighted by atomic mass is 9.97. The topological polar surface area (TPSA) is 21.3 Å². The minimum Gasteiger partial charge on any atom is -0.497 e. The molecule has 0 fully saturated rings. The van der Waals surface area contributed by atoms with Crippen LogP contribution in [0.15, 0.2) is 54.6 Å². The molecule has 0 spiro atoms. The van der Waals surface area contributed by atoms with E-state index >= 15 is 0 Å². The van der Waals surface area contributed by atoms with E-state index in [4.69, 9.17) is 4.74 Å². The quantitative estimate of drug-likeness (QED) is 0.805. The Hall–Kier alpha value is -1.96. The number of benzene rings is 2. The Bertz CT molecular complexity index is 505. The fourth-order valence-corrected chi connectivity index (χ4v) is 2.32. The summed E-state index contributed by atoms with van der Waals surface area (Å²) in [5.74, 6) is 1.53. The molecule has 2 aromatic carbocycles. The smallest absolute Gasteiger partial charge is 0.119 e. The number of methoxy groups -OCH3 is 1. The molecule has 0 aromatic heterocycles. The highest BCUT2D eigenvalue weighted by atomic mass is 16.5. The predicted molar refractivity (Wildman–Crippen MR) is 85.3 cm³/mol. The van der Waals surface area contributed by atoms with Crippen molar-refractivity contribution in [1.82, 2.24) is 0 Å². The number of hydrogen-bond donors (Lipinski definition) is 1. The maximum absolute atomic E-state index is 5.20. The fourth-order valence-electron chi connectivity index (χ4n) is 2.32. The van der Waals surface area contributed by atoms with Crippen molar-refractivity contribution >= 4 is 5.69 Å². The zero-order valence-electron chi connectivity index (χ0n) is 12.5. The van der Waals surface area contributed by atoms with Gasteiger partial charge in [0.2, 0.25) is 0 Å². The Kier molecular flexibility index (Phi) is 5.05. The summed E-state index contributed by atoms with van der Waals surface area (Å²) in [5, 5.41) is 3.62. The number of hydrogen-bond acceptors (Lipinski definition) is 2. The maximum Gasteiger partial charge on any atom is 0.119 e. The van der Waals surface area contributed by atoms with Gasteiger partial charge in [0.05, 0.1) is 13.2 Å². The van der Waals surface area contributed by atoms with Crippen molar-refractivity contribution in [3.05, 3.63) is 60.2 Å². The number of ether oxygens (including phenoxy) is 1. The first-order chi connectivity index (χ1) is 9.69. The highest BCUT2D eigenvalue weighted by Crippen LogP contribution is 2.26. The van der Waals surface area contributed by atoms with Gasteiger partial charge in [-0.05, 0) is 42.2 Å². The second-order valence-corrected chi connectivity index (χ2v) is 5.47. The van der Waals surface area contributed by atoms with Crippen molar-refractivity contribution in [3.63, 3.8) is 0 Å². The van der Waals surface area contributed by atoms with E-state index < -0.39 is 0 Å². The van der Waals surface area contributed by atoms with E-state index in [1.807, 2.05) is 12.1 Å². The van der Waals surface area contributed by atoms with E-state index in [1.54, 1.807) is 7.11 Å². The molecule has 1 atom stereocenters. The highest BCUT2D eigenvalue weighted by Gasteiger charge is 2.13. The Balaban J connectivity index is 2.14. The number of anilines is 1. The SMILES string of the molecule is COc1ccc(NC(CC(C)C)c2ccccc2)cc1. The van der Waals surface area contributed by atoms with Gasteiger partial charge in [0.25, 0.3) is 0 Å².